The van der Waals surface area contributed by atoms with Gasteiger partial charge in [0.05, 0.1) is 12.3 Å². The third-order valence-corrected chi connectivity index (χ3v) is 4.18. The molecule has 2 atom stereocenters. The molecule has 0 bridgehead atoms. The molecule has 0 saturated carbocycles. The first kappa shape index (κ1) is 18.2. The van der Waals surface area contributed by atoms with E-state index in [0.717, 1.165) is 0 Å². The fourth-order valence-electron chi connectivity index (χ4n) is 1.48. The zero-order valence-corrected chi connectivity index (χ0v) is 12.3. The van der Waals surface area contributed by atoms with Crippen LogP contribution in [-0.2, 0) is 9.13 Å². The van der Waals surface area contributed by atoms with Crippen molar-refractivity contribution in [2.75, 3.05) is 25.4 Å². The molecule has 8 nitrogen and oxygen atoms in total. The predicted molar refractivity (Wildman–Crippen MR) is 68.8 cm³/mol. The summed E-state index contributed by atoms with van der Waals surface area (Å²) in [4.78, 5) is 34.9. The molecular formula is C8H22N2O6P2. The van der Waals surface area contributed by atoms with Crippen LogP contribution in [0.5, 0.6) is 0 Å². The lowest BCUT2D eigenvalue weighted by atomic mass is 10.3. The average molecular weight is 304 g/mol. The van der Waals surface area contributed by atoms with E-state index in [9.17, 15) is 9.13 Å². The van der Waals surface area contributed by atoms with Gasteiger partial charge in [0.2, 0.25) is 0 Å². The minimum Gasteiger partial charge on any atom is -0.324 e. The van der Waals surface area contributed by atoms with Gasteiger partial charge in [0.25, 0.3) is 0 Å². The van der Waals surface area contributed by atoms with Gasteiger partial charge in [-0.3, -0.25) is 9.13 Å². The summed E-state index contributed by atoms with van der Waals surface area (Å²) in [5.74, 6) is 0. The Labute approximate surface area is 106 Å². The van der Waals surface area contributed by atoms with Crippen LogP contribution in [0.15, 0.2) is 0 Å². The lowest BCUT2D eigenvalue weighted by Crippen LogP contribution is -2.39. The minimum absolute atomic E-state index is 0.231. The molecule has 0 aromatic carbocycles. The van der Waals surface area contributed by atoms with Crippen molar-refractivity contribution in [3.63, 3.8) is 0 Å². The summed E-state index contributed by atoms with van der Waals surface area (Å²) in [6.45, 7) is 4.26. The van der Waals surface area contributed by atoms with Crippen LogP contribution in [0.2, 0.25) is 0 Å². The van der Waals surface area contributed by atoms with E-state index in [1.807, 2.05) is 0 Å². The summed E-state index contributed by atoms with van der Waals surface area (Å²) in [6, 6.07) is -0.630. The Morgan fingerprint density at radius 1 is 0.833 bits per heavy atom. The van der Waals surface area contributed by atoms with E-state index in [2.05, 4.69) is 10.6 Å². The quantitative estimate of drug-likeness (QED) is 0.243. The second-order valence-corrected chi connectivity index (χ2v) is 7.79. The van der Waals surface area contributed by atoms with Gasteiger partial charge < -0.3 is 30.2 Å². The topological polar surface area (TPSA) is 139 Å². The van der Waals surface area contributed by atoms with Crippen LogP contribution >= 0.6 is 15.2 Å². The van der Waals surface area contributed by atoms with Crippen molar-refractivity contribution < 1.29 is 28.7 Å². The molecule has 0 fully saturated rings. The molecule has 0 rings (SSSR count). The smallest absolute Gasteiger partial charge is 0.324 e. The van der Waals surface area contributed by atoms with E-state index in [1.165, 1.54) is 0 Å². The van der Waals surface area contributed by atoms with Crippen molar-refractivity contribution in [2.24, 2.45) is 0 Å². The highest BCUT2D eigenvalue weighted by Crippen LogP contribution is 2.35. The number of nitrogens with one attached hydrogen (secondary N) is 2. The van der Waals surface area contributed by atoms with Crippen LogP contribution in [0.3, 0.4) is 0 Å². The zero-order chi connectivity index (χ0) is 14.4. The van der Waals surface area contributed by atoms with E-state index in [0.29, 0.717) is 13.1 Å². The second kappa shape index (κ2) is 7.72. The molecule has 6 N–H and O–H groups in total. The number of hydrogen-bond acceptors (Lipinski definition) is 4. The van der Waals surface area contributed by atoms with Crippen molar-refractivity contribution in [3.05, 3.63) is 0 Å². The van der Waals surface area contributed by atoms with E-state index in [1.54, 1.807) is 13.8 Å². The Kier molecular flexibility index (Phi) is 7.82. The third-order valence-electron chi connectivity index (χ3n) is 2.13. The molecule has 0 saturated heterocycles. The van der Waals surface area contributed by atoms with Crippen molar-refractivity contribution in [1.29, 1.82) is 0 Å². The SMILES string of the molecule is CC(CP(=O)(O)O)NCCNC(C)CP(=O)(O)O. The van der Waals surface area contributed by atoms with Gasteiger partial charge in [-0.1, -0.05) is 0 Å². The second-order valence-electron chi connectivity index (χ2n) is 4.40. The van der Waals surface area contributed by atoms with Gasteiger partial charge in [0.1, 0.15) is 0 Å². The van der Waals surface area contributed by atoms with Gasteiger partial charge >= 0.3 is 15.2 Å². The molecule has 0 spiro atoms. The molecule has 110 valence electrons. The predicted octanol–water partition coefficient (Wildman–Crippen LogP) is -0.702. The summed E-state index contributed by atoms with van der Waals surface area (Å²) in [5.41, 5.74) is 0. The highest BCUT2D eigenvalue weighted by molar-refractivity contribution is 7.52. The van der Waals surface area contributed by atoms with E-state index < -0.39 is 15.2 Å². The Bertz CT molecular complexity index is 296. The number of rotatable bonds is 9. The standard InChI is InChI=1S/C8H22N2O6P2/c1-7(5-17(11,12)13)9-3-4-10-8(2)6-18(14,15)16/h7-10H,3-6H2,1-2H3,(H2,11,12,13)(H2,14,15,16). The summed E-state index contributed by atoms with van der Waals surface area (Å²) in [7, 11) is -8.01. The zero-order valence-electron chi connectivity index (χ0n) is 10.5. The summed E-state index contributed by atoms with van der Waals surface area (Å²) < 4.78 is 21.4. The first-order valence-electron chi connectivity index (χ1n) is 5.55. The molecule has 2 unspecified atom stereocenters. The summed E-state index contributed by atoms with van der Waals surface area (Å²) in [6.07, 6.45) is -0.462. The van der Waals surface area contributed by atoms with Crippen LogP contribution in [0.4, 0.5) is 0 Å². The monoisotopic (exact) mass is 304 g/mol. The maximum Gasteiger partial charge on any atom is 0.327 e. The molecule has 0 aliphatic heterocycles. The van der Waals surface area contributed by atoms with Gasteiger partial charge in [0, 0.05) is 25.2 Å². The van der Waals surface area contributed by atoms with Crippen LogP contribution in [0, 0.1) is 0 Å². The lowest BCUT2D eigenvalue weighted by molar-refractivity contribution is 0.360. The van der Waals surface area contributed by atoms with Crippen molar-refractivity contribution in [1.82, 2.24) is 10.6 Å². The maximum atomic E-state index is 10.7. The maximum absolute atomic E-state index is 10.7. The summed E-state index contributed by atoms with van der Waals surface area (Å²) in [5, 5.41) is 5.82. The van der Waals surface area contributed by atoms with Crippen LogP contribution in [0.25, 0.3) is 0 Å². The largest absolute Gasteiger partial charge is 0.327 e. The highest BCUT2D eigenvalue weighted by atomic mass is 31.2. The first-order valence-corrected chi connectivity index (χ1v) is 9.15. The molecule has 0 aliphatic carbocycles. The molecule has 18 heavy (non-hydrogen) atoms. The van der Waals surface area contributed by atoms with Crippen LogP contribution < -0.4 is 10.6 Å². The Balaban J connectivity index is 3.68. The fraction of sp³-hybridized carbons (Fsp3) is 1.00. The third kappa shape index (κ3) is 12.7. The van der Waals surface area contributed by atoms with E-state index >= 15 is 0 Å². The first-order chi connectivity index (χ1) is 7.99. The molecule has 0 amide bonds. The Morgan fingerprint density at radius 3 is 1.33 bits per heavy atom. The van der Waals surface area contributed by atoms with Crippen molar-refractivity contribution in [3.8, 4) is 0 Å². The Hall–Kier alpha value is 0.220. The van der Waals surface area contributed by atoms with Gasteiger partial charge in [-0.15, -0.1) is 0 Å². The highest BCUT2D eigenvalue weighted by Gasteiger charge is 2.18. The molecule has 0 aromatic rings. The molecule has 0 radical (unpaired) electrons. The van der Waals surface area contributed by atoms with Gasteiger partial charge in [-0.25, -0.2) is 0 Å². The van der Waals surface area contributed by atoms with E-state index in [4.69, 9.17) is 19.6 Å². The lowest BCUT2D eigenvalue weighted by Gasteiger charge is -2.17. The fourth-order valence-corrected chi connectivity index (χ4v) is 3.16. The molecular weight excluding hydrogens is 282 g/mol. The van der Waals surface area contributed by atoms with Gasteiger partial charge in [-0.05, 0) is 13.8 Å². The summed E-state index contributed by atoms with van der Waals surface area (Å²) >= 11 is 0. The average Bonchev–Trinajstić information content (AvgIpc) is 2.06. The van der Waals surface area contributed by atoms with Crippen LogP contribution in [-0.4, -0.2) is 57.1 Å². The minimum atomic E-state index is -4.00. The molecule has 0 aliphatic rings. The molecule has 10 heteroatoms. The number of hydrogen-bond donors (Lipinski definition) is 6. The normalized spacial score (nSPS) is 16.6. The van der Waals surface area contributed by atoms with E-state index in [-0.39, 0.29) is 24.4 Å². The van der Waals surface area contributed by atoms with Crippen molar-refractivity contribution >= 4 is 15.2 Å². The molecule has 0 heterocycles. The Morgan fingerprint density at radius 2 is 1.11 bits per heavy atom. The molecule has 0 aromatic heterocycles. The van der Waals surface area contributed by atoms with Crippen LogP contribution in [0.1, 0.15) is 13.8 Å². The van der Waals surface area contributed by atoms with Gasteiger partial charge in [-0.2, -0.15) is 0 Å². The van der Waals surface area contributed by atoms with Gasteiger partial charge in [0.15, 0.2) is 0 Å². The van der Waals surface area contributed by atoms with Crippen molar-refractivity contribution in [2.45, 2.75) is 25.9 Å².